The zero-order chi connectivity index (χ0) is 19.2. The molecule has 0 saturated carbocycles. The lowest BCUT2D eigenvalue weighted by Gasteiger charge is -2.09. The van der Waals surface area contributed by atoms with Crippen molar-refractivity contribution >= 4 is 33.7 Å². The second-order valence-electron chi connectivity index (χ2n) is 6.15. The topological polar surface area (TPSA) is 58.4 Å². The van der Waals surface area contributed by atoms with Gasteiger partial charge in [0.15, 0.2) is 0 Å². The Morgan fingerprint density at radius 2 is 1.89 bits per heavy atom. The Bertz CT molecular complexity index is 964. The molecular formula is C21H21BrN4O. The van der Waals surface area contributed by atoms with Crippen LogP contribution in [0.3, 0.4) is 0 Å². The highest BCUT2D eigenvalue weighted by Gasteiger charge is 2.09. The van der Waals surface area contributed by atoms with E-state index >= 15 is 0 Å². The van der Waals surface area contributed by atoms with Gasteiger partial charge in [-0.3, -0.25) is 4.79 Å². The average Bonchev–Trinajstić information content (AvgIpc) is 2.94. The van der Waals surface area contributed by atoms with Crippen LogP contribution < -0.4 is 10.7 Å². The van der Waals surface area contributed by atoms with Crippen LogP contribution in [0.15, 0.2) is 70.2 Å². The third kappa shape index (κ3) is 4.86. The predicted molar refractivity (Wildman–Crippen MR) is 114 cm³/mol. The van der Waals surface area contributed by atoms with E-state index in [0.29, 0.717) is 0 Å². The van der Waals surface area contributed by atoms with E-state index in [9.17, 15) is 4.79 Å². The summed E-state index contributed by atoms with van der Waals surface area (Å²) in [6, 6.07) is 19.8. The van der Waals surface area contributed by atoms with E-state index in [1.54, 1.807) is 6.21 Å². The van der Waals surface area contributed by atoms with Crippen molar-refractivity contribution in [1.29, 1.82) is 0 Å². The number of nitrogens with zero attached hydrogens (tertiary/aromatic N) is 2. The Morgan fingerprint density at radius 1 is 1.11 bits per heavy atom. The zero-order valence-electron chi connectivity index (χ0n) is 15.2. The van der Waals surface area contributed by atoms with Gasteiger partial charge in [0.2, 0.25) is 0 Å². The van der Waals surface area contributed by atoms with E-state index in [0.717, 1.165) is 32.8 Å². The van der Waals surface area contributed by atoms with Crippen LogP contribution in [0, 0.1) is 13.8 Å². The molecule has 5 nitrogen and oxygen atoms in total. The van der Waals surface area contributed by atoms with Gasteiger partial charge in [0.25, 0.3) is 5.91 Å². The van der Waals surface area contributed by atoms with Crippen LogP contribution in [0.4, 0.5) is 5.69 Å². The summed E-state index contributed by atoms with van der Waals surface area (Å²) in [5.74, 6) is -0.198. The van der Waals surface area contributed by atoms with E-state index in [4.69, 9.17) is 0 Å². The summed E-state index contributed by atoms with van der Waals surface area (Å²) in [4.78, 5) is 11.9. The molecule has 0 saturated heterocycles. The number of hydrogen-bond donors (Lipinski definition) is 2. The summed E-state index contributed by atoms with van der Waals surface area (Å²) < 4.78 is 3.19. The highest BCUT2D eigenvalue weighted by atomic mass is 79.9. The van der Waals surface area contributed by atoms with E-state index < -0.39 is 0 Å². The Balaban J connectivity index is 1.64. The number of anilines is 1. The number of hydrazone groups is 1. The summed E-state index contributed by atoms with van der Waals surface area (Å²) in [7, 11) is 0. The quantitative estimate of drug-likeness (QED) is 0.454. The summed E-state index contributed by atoms with van der Waals surface area (Å²) in [5, 5.41) is 7.14. The normalized spacial score (nSPS) is 10.9. The van der Waals surface area contributed by atoms with Gasteiger partial charge in [0, 0.05) is 32.8 Å². The van der Waals surface area contributed by atoms with E-state index in [1.165, 1.54) is 0 Å². The van der Waals surface area contributed by atoms with Gasteiger partial charge in [-0.25, -0.2) is 5.43 Å². The van der Waals surface area contributed by atoms with Crippen LogP contribution in [-0.2, 0) is 4.79 Å². The first kappa shape index (κ1) is 18.9. The molecule has 27 heavy (non-hydrogen) atoms. The molecule has 1 amide bonds. The van der Waals surface area contributed by atoms with E-state index in [-0.39, 0.29) is 12.5 Å². The summed E-state index contributed by atoms with van der Waals surface area (Å²) >= 11 is 3.51. The third-order valence-corrected chi connectivity index (χ3v) is 4.65. The molecule has 1 aromatic heterocycles. The van der Waals surface area contributed by atoms with Crippen molar-refractivity contribution in [3.8, 4) is 5.69 Å². The Kier molecular flexibility index (Phi) is 6.08. The molecule has 0 aliphatic heterocycles. The first-order chi connectivity index (χ1) is 13.0. The Labute approximate surface area is 167 Å². The number of aromatic nitrogens is 1. The number of rotatable bonds is 6. The van der Waals surface area contributed by atoms with Crippen LogP contribution in [0.25, 0.3) is 5.69 Å². The van der Waals surface area contributed by atoms with Crippen molar-refractivity contribution in [3.63, 3.8) is 0 Å². The second-order valence-corrected chi connectivity index (χ2v) is 7.07. The number of benzene rings is 2. The SMILES string of the molecule is Cc1cc(/C=N\NC(=O)CNc2ccccc2)c(C)n1-c1cccc(Br)c1. The lowest BCUT2D eigenvalue weighted by atomic mass is 10.2. The molecule has 0 aliphatic rings. The molecule has 0 bridgehead atoms. The number of amides is 1. The molecule has 138 valence electrons. The fourth-order valence-corrected chi connectivity index (χ4v) is 3.27. The third-order valence-electron chi connectivity index (χ3n) is 4.16. The Hall–Kier alpha value is -2.86. The molecule has 6 heteroatoms. The minimum absolute atomic E-state index is 0.165. The minimum atomic E-state index is -0.198. The average molecular weight is 425 g/mol. The van der Waals surface area contributed by atoms with Gasteiger partial charge in [-0.05, 0) is 50.2 Å². The molecule has 0 atom stereocenters. The molecule has 0 fully saturated rings. The van der Waals surface area contributed by atoms with Gasteiger partial charge in [0.05, 0.1) is 12.8 Å². The first-order valence-electron chi connectivity index (χ1n) is 8.60. The van der Waals surface area contributed by atoms with Gasteiger partial charge in [-0.2, -0.15) is 5.10 Å². The van der Waals surface area contributed by atoms with Gasteiger partial charge in [0.1, 0.15) is 0 Å². The number of para-hydroxylation sites is 1. The number of nitrogens with one attached hydrogen (secondary N) is 2. The fourth-order valence-electron chi connectivity index (χ4n) is 2.88. The standard InChI is InChI=1S/C21H21BrN4O/c1-15-11-17(16(2)26(15)20-10-6-7-18(22)12-20)13-24-25-21(27)14-23-19-8-4-3-5-9-19/h3-13,23H,14H2,1-2H3,(H,25,27)/b24-13-. The second kappa shape index (κ2) is 8.68. The van der Waals surface area contributed by atoms with Crippen molar-refractivity contribution < 1.29 is 4.79 Å². The molecule has 2 N–H and O–H groups in total. The molecule has 0 radical (unpaired) electrons. The molecule has 0 spiro atoms. The maximum absolute atomic E-state index is 11.9. The fraction of sp³-hybridized carbons (Fsp3) is 0.143. The first-order valence-corrected chi connectivity index (χ1v) is 9.39. The molecule has 2 aromatic carbocycles. The highest BCUT2D eigenvalue weighted by Crippen LogP contribution is 2.22. The maximum atomic E-state index is 11.9. The molecule has 0 aliphatic carbocycles. The van der Waals surface area contributed by atoms with E-state index in [1.807, 2.05) is 62.4 Å². The Morgan fingerprint density at radius 3 is 2.63 bits per heavy atom. The smallest absolute Gasteiger partial charge is 0.259 e. The van der Waals surface area contributed by atoms with Crippen molar-refractivity contribution in [1.82, 2.24) is 9.99 Å². The number of aryl methyl sites for hydroxylation is 1. The van der Waals surface area contributed by atoms with Crippen molar-refractivity contribution in [3.05, 3.63) is 82.1 Å². The molecule has 1 heterocycles. The molecule has 3 rings (SSSR count). The van der Waals surface area contributed by atoms with Crippen LogP contribution in [0.1, 0.15) is 17.0 Å². The van der Waals surface area contributed by atoms with Crippen molar-refractivity contribution in [2.24, 2.45) is 5.10 Å². The maximum Gasteiger partial charge on any atom is 0.259 e. The van der Waals surface area contributed by atoms with Crippen LogP contribution in [0.2, 0.25) is 0 Å². The summed E-state index contributed by atoms with van der Waals surface area (Å²) in [6.07, 6.45) is 1.68. The molecule has 0 unspecified atom stereocenters. The largest absolute Gasteiger partial charge is 0.376 e. The number of hydrogen-bond acceptors (Lipinski definition) is 3. The summed E-state index contributed by atoms with van der Waals surface area (Å²) in [5.41, 5.74) is 7.66. The lowest BCUT2D eigenvalue weighted by Crippen LogP contribution is -2.25. The van der Waals surface area contributed by atoms with Crippen LogP contribution in [-0.4, -0.2) is 23.2 Å². The van der Waals surface area contributed by atoms with Gasteiger partial charge in [-0.15, -0.1) is 0 Å². The molecule has 3 aromatic rings. The number of carbonyl (C=O) groups is 1. The number of halogens is 1. The van der Waals surface area contributed by atoms with E-state index in [2.05, 4.69) is 48.5 Å². The monoisotopic (exact) mass is 424 g/mol. The zero-order valence-corrected chi connectivity index (χ0v) is 16.8. The summed E-state index contributed by atoms with van der Waals surface area (Å²) in [6.45, 7) is 4.25. The van der Waals surface area contributed by atoms with Crippen LogP contribution >= 0.6 is 15.9 Å². The minimum Gasteiger partial charge on any atom is -0.376 e. The number of carbonyl (C=O) groups excluding carboxylic acids is 1. The van der Waals surface area contributed by atoms with Gasteiger partial charge >= 0.3 is 0 Å². The highest BCUT2D eigenvalue weighted by molar-refractivity contribution is 9.10. The van der Waals surface area contributed by atoms with Crippen molar-refractivity contribution in [2.75, 3.05) is 11.9 Å². The lowest BCUT2D eigenvalue weighted by molar-refractivity contribution is -0.119. The van der Waals surface area contributed by atoms with Gasteiger partial charge < -0.3 is 9.88 Å². The predicted octanol–water partition coefficient (Wildman–Crippen LogP) is 4.42. The van der Waals surface area contributed by atoms with Crippen LogP contribution in [0.5, 0.6) is 0 Å². The van der Waals surface area contributed by atoms with Crippen molar-refractivity contribution in [2.45, 2.75) is 13.8 Å². The molecular weight excluding hydrogens is 404 g/mol. The van der Waals surface area contributed by atoms with Gasteiger partial charge in [-0.1, -0.05) is 40.2 Å².